The van der Waals surface area contributed by atoms with Crippen molar-refractivity contribution >= 4 is 34.2 Å². The van der Waals surface area contributed by atoms with Crippen LogP contribution in [0.3, 0.4) is 0 Å². The molecule has 0 saturated carbocycles. The maximum absolute atomic E-state index is 11.7. The van der Waals surface area contributed by atoms with Gasteiger partial charge in [0.1, 0.15) is 6.61 Å². The van der Waals surface area contributed by atoms with Gasteiger partial charge in [-0.05, 0) is 17.0 Å². The highest BCUT2D eigenvalue weighted by Crippen LogP contribution is 2.37. The van der Waals surface area contributed by atoms with Gasteiger partial charge >= 0.3 is 0 Å². The molecule has 0 aliphatic rings. The largest absolute Gasteiger partial charge is 0.375 e. The monoisotopic (exact) mass is 309 g/mol. The van der Waals surface area contributed by atoms with Crippen LogP contribution in [-0.4, -0.2) is 29.4 Å². The number of nitrogens with zero attached hydrogens (tertiary/aromatic N) is 2. The second-order valence-corrected chi connectivity index (χ2v) is 6.43. The Labute approximate surface area is 129 Å². The van der Waals surface area contributed by atoms with Gasteiger partial charge in [-0.3, -0.25) is 9.48 Å². The van der Waals surface area contributed by atoms with Gasteiger partial charge in [-0.2, -0.15) is 5.10 Å². The lowest BCUT2D eigenvalue weighted by Crippen LogP contribution is -2.17. The van der Waals surface area contributed by atoms with Crippen LogP contribution in [-0.2, 0) is 22.0 Å². The zero-order valence-electron chi connectivity index (χ0n) is 13.0. The second-order valence-electron chi connectivity index (χ2n) is 6.02. The van der Waals surface area contributed by atoms with E-state index >= 15 is 0 Å². The third kappa shape index (κ3) is 3.04. The number of rotatable bonds is 3. The minimum Gasteiger partial charge on any atom is -0.375 e. The van der Waals surface area contributed by atoms with Crippen LogP contribution in [0.25, 0.3) is 10.9 Å². The molecular weight excluding hydrogens is 290 g/mol. The van der Waals surface area contributed by atoms with E-state index in [-0.39, 0.29) is 17.9 Å². The van der Waals surface area contributed by atoms with Gasteiger partial charge in [0.05, 0.1) is 15.9 Å². The molecule has 2 rings (SSSR count). The quantitative estimate of drug-likeness (QED) is 0.948. The van der Waals surface area contributed by atoms with Gasteiger partial charge < -0.3 is 10.1 Å². The number of carbonyl (C=O) groups is 1. The Hall–Kier alpha value is -1.59. The zero-order chi connectivity index (χ0) is 15.8. The van der Waals surface area contributed by atoms with Crippen LogP contribution in [0, 0.1) is 0 Å². The van der Waals surface area contributed by atoms with Crippen molar-refractivity contribution in [3.63, 3.8) is 0 Å². The van der Waals surface area contributed by atoms with Gasteiger partial charge in [-0.1, -0.05) is 38.4 Å². The summed E-state index contributed by atoms with van der Waals surface area (Å²) in [5.41, 5.74) is 2.01. The third-order valence-electron chi connectivity index (χ3n) is 3.28. The van der Waals surface area contributed by atoms with Gasteiger partial charge in [-0.25, -0.2) is 0 Å². The van der Waals surface area contributed by atoms with Gasteiger partial charge in [0, 0.05) is 14.2 Å². The van der Waals surface area contributed by atoms with Gasteiger partial charge in [0.15, 0.2) is 5.82 Å². The number of aromatic nitrogens is 2. The average molecular weight is 310 g/mol. The number of methoxy groups -OCH3 is 1. The minimum atomic E-state index is -0.255. The summed E-state index contributed by atoms with van der Waals surface area (Å²) in [6.07, 6.45) is 0. The number of ether oxygens (including phenoxy) is 1. The summed E-state index contributed by atoms with van der Waals surface area (Å²) in [6, 6.07) is 3.85. The Morgan fingerprint density at radius 2 is 2.10 bits per heavy atom. The molecule has 1 heterocycles. The van der Waals surface area contributed by atoms with Gasteiger partial charge in [0.2, 0.25) is 0 Å². The first-order valence-electron chi connectivity index (χ1n) is 6.70. The number of aryl methyl sites for hydroxylation is 1. The van der Waals surface area contributed by atoms with Gasteiger partial charge in [-0.15, -0.1) is 0 Å². The minimum absolute atomic E-state index is 0.0192. The molecule has 2 aromatic rings. The zero-order valence-corrected chi connectivity index (χ0v) is 13.7. The fraction of sp³-hybridized carbons (Fsp3) is 0.467. The lowest BCUT2D eigenvalue weighted by molar-refractivity contribution is -0.119. The fourth-order valence-electron chi connectivity index (χ4n) is 2.37. The maximum atomic E-state index is 11.7. The summed E-state index contributed by atoms with van der Waals surface area (Å²) < 4.78 is 6.58. The summed E-state index contributed by atoms with van der Waals surface area (Å²) in [5, 5.41) is 8.47. The highest BCUT2D eigenvalue weighted by molar-refractivity contribution is 6.36. The van der Waals surface area contributed by atoms with Crippen molar-refractivity contribution in [2.75, 3.05) is 19.0 Å². The number of anilines is 1. The molecule has 1 aromatic carbocycles. The lowest BCUT2D eigenvalue weighted by Gasteiger charge is -2.20. The van der Waals surface area contributed by atoms with Crippen molar-refractivity contribution in [1.82, 2.24) is 9.78 Å². The standard InChI is InChI=1S/C15H20ClN3O2/c1-15(2,3)9-6-7-10(16)12-13(9)19(4)18-14(12)17-11(20)8-21-5/h6-7H,8H2,1-5H3,(H,17,18,20). The van der Waals surface area contributed by atoms with E-state index in [0.717, 1.165) is 16.5 Å². The van der Waals surface area contributed by atoms with Crippen molar-refractivity contribution in [3.8, 4) is 0 Å². The van der Waals surface area contributed by atoms with Crippen LogP contribution in [0.15, 0.2) is 12.1 Å². The molecule has 21 heavy (non-hydrogen) atoms. The molecule has 0 radical (unpaired) electrons. The highest BCUT2D eigenvalue weighted by Gasteiger charge is 2.23. The van der Waals surface area contributed by atoms with E-state index in [1.165, 1.54) is 7.11 Å². The van der Waals surface area contributed by atoms with Crippen LogP contribution in [0.1, 0.15) is 26.3 Å². The Bertz CT molecular complexity index is 686. The van der Waals surface area contributed by atoms with Crippen molar-refractivity contribution in [2.45, 2.75) is 26.2 Å². The van der Waals surface area contributed by atoms with Crippen molar-refractivity contribution in [1.29, 1.82) is 0 Å². The number of hydrogen-bond donors (Lipinski definition) is 1. The molecule has 0 bridgehead atoms. The molecule has 114 valence electrons. The van der Waals surface area contributed by atoms with E-state index in [1.807, 2.05) is 19.2 Å². The fourth-order valence-corrected chi connectivity index (χ4v) is 2.61. The number of carbonyl (C=O) groups excluding carboxylic acids is 1. The van der Waals surface area contributed by atoms with E-state index in [2.05, 4.69) is 31.2 Å². The summed E-state index contributed by atoms with van der Waals surface area (Å²) in [6.45, 7) is 6.37. The number of benzene rings is 1. The number of fused-ring (bicyclic) bond motifs is 1. The topological polar surface area (TPSA) is 56.1 Å². The highest BCUT2D eigenvalue weighted by atomic mass is 35.5. The second kappa shape index (κ2) is 5.66. The third-order valence-corrected chi connectivity index (χ3v) is 3.59. The van der Waals surface area contributed by atoms with E-state index in [4.69, 9.17) is 16.3 Å². The number of amides is 1. The predicted molar refractivity (Wildman–Crippen MR) is 84.9 cm³/mol. The Morgan fingerprint density at radius 1 is 1.43 bits per heavy atom. The van der Waals surface area contributed by atoms with Crippen LogP contribution < -0.4 is 5.32 Å². The van der Waals surface area contributed by atoms with Crippen LogP contribution >= 0.6 is 11.6 Å². The lowest BCUT2D eigenvalue weighted by atomic mass is 9.85. The molecule has 5 nitrogen and oxygen atoms in total. The first kappa shape index (κ1) is 15.8. The first-order chi connectivity index (χ1) is 9.75. The molecule has 0 aliphatic heterocycles. The summed E-state index contributed by atoms with van der Waals surface area (Å²) in [7, 11) is 3.32. The van der Waals surface area contributed by atoms with Crippen molar-refractivity contribution < 1.29 is 9.53 Å². The first-order valence-corrected chi connectivity index (χ1v) is 7.08. The summed E-state index contributed by atoms with van der Waals surface area (Å²) in [5.74, 6) is 0.209. The summed E-state index contributed by atoms with van der Waals surface area (Å²) in [4.78, 5) is 11.7. The normalized spacial score (nSPS) is 11.9. The molecule has 0 spiro atoms. The number of nitrogens with one attached hydrogen (secondary N) is 1. The Kier molecular flexibility index (Phi) is 4.25. The molecule has 0 fully saturated rings. The smallest absolute Gasteiger partial charge is 0.251 e. The molecule has 0 aliphatic carbocycles. The molecule has 0 unspecified atom stereocenters. The molecule has 0 atom stereocenters. The van der Waals surface area contributed by atoms with E-state index in [1.54, 1.807) is 4.68 Å². The molecule has 1 N–H and O–H groups in total. The SMILES string of the molecule is COCC(=O)Nc1nn(C)c2c(C(C)(C)C)ccc(Cl)c12. The van der Waals surface area contributed by atoms with E-state index in [0.29, 0.717) is 10.8 Å². The average Bonchev–Trinajstić information content (AvgIpc) is 2.66. The molecular formula is C15H20ClN3O2. The molecule has 0 saturated heterocycles. The Morgan fingerprint density at radius 3 is 2.67 bits per heavy atom. The van der Waals surface area contributed by atoms with Crippen LogP contribution in [0.5, 0.6) is 0 Å². The van der Waals surface area contributed by atoms with Crippen LogP contribution in [0.2, 0.25) is 5.02 Å². The van der Waals surface area contributed by atoms with E-state index < -0.39 is 0 Å². The maximum Gasteiger partial charge on any atom is 0.251 e. The van der Waals surface area contributed by atoms with E-state index in [9.17, 15) is 4.79 Å². The number of hydrogen-bond acceptors (Lipinski definition) is 3. The van der Waals surface area contributed by atoms with Crippen molar-refractivity contribution in [3.05, 3.63) is 22.7 Å². The molecule has 1 aromatic heterocycles. The Balaban J connectivity index is 2.63. The summed E-state index contributed by atoms with van der Waals surface area (Å²) >= 11 is 6.32. The number of halogens is 1. The van der Waals surface area contributed by atoms with Crippen molar-refractivity contribution in [2.24, 2.45) is 7.05 Å². The molecule has 1 amide bonds. The molecule has 6 heteroatoms. The van der Waals surface area contributed by atoms with Gasteiger partial charge in [0.25, 0.3) is 5.91 Å². The predicted octanol–water partition coefficient (Wildman–Crippen LogP) is 3.11. The van der Waals surface area contributed by atoms with Crippen LogP contribution in [0.4, 0.5) is 5.82 Å².